The first-order valence-corrected chi connectivity index (χ1v) is 10.2. The molecule has 1 aromatic carbocycles. The van der Waals surface area contributed by atoms with Crippen LogP contribution in [0.2, 0.25) is 0 Å². The average Bonchev–Trinajstić information content (AvgIpc) is 3.26. The van der Waals surface area contributed by atoms with Crippen molar-refractivity contribution < 1.29 is 14.3 Å². The average molecular weight is 375 g/mol. The molecular formula is C20H26N2O3S. The number of benzene rings is 1. The maximum absolute atomic E-state index is 13.3. The van der Waals surface area contributed by atoms with Crippen LogP contribution in [0, 0.1) is 6.92 Å². The highest BCUT2D eigenvalue weighted by Crippen LogP contribution is 2.35. The predicted molar refractivity (Wildman–Crippen MR) is 104 cm³/mol. The number of rotatable bonds is 4. The largest absolute Gasteiger partial charge is 0.497 e. The van der Waals surface area contributed by atoms with Gasteiger partial charge in [0.15, 0.2) is 0 Å². The van der Waals surface area contributed by atoms with Gasteiger partial charge in [0.2, 0.25) is 0 Å². The molecule has 1 aromatic heterocycles. The van der Waals surface area contributed by atoms with Crippen LogP contribution in [0.5, 0.6) is 5.75 Å². The molecule has 1 unspecified atom stereocenters. The number of carbonyl (C=O) groups excluding carboxylic acids is 1. The summed E-state index contributed by atoms with van der Waals surface area (Å²) in [5.74, 6) is 1.03. The quantitative estimate of drug-likeness (QED) is 0.824. The number of methoxy groups -OCH3 is 1. The predicted octanol–water partition coefficient (Wildman–Crippen LogP) is 3.16. The summed E-state index contributed by atoms with van der Waals surface area (Å²) in [6.07, 6.45) is 2.19. The molecule has 2 aliphatic heterocycles. The Morgan fingerprint density at radius 2 is 2.12 bits per heavy atom. The summed E-state index contributed by atoms with van der Waals surface area (Å²) in [4.78, 5) is 18.7. The summed E-state index contributed by atoms with van der Waals surface area (Å²) in [6.45, 7) is 7.44. The van der Waals surface area contributed by atoms with Crippen LogP contribution in [0.25, 0.3) is 10.1 Å². The topological polar surface area (TPSA) is 42.0 Å². The number of amides is 1. The second-order valence-electron chi connectivity index (χ2n) is 7.13. The third kappa shape index (κ3) is 3.33. The molecule has 0 spiro atoms. The van der Waals surface area contributed by atoms with Crippen molar-refractivity contribution in [3.05, 3.63) is 28.6 Å². The van der Waals surface area contributed by atoms with Gasteiger partial charge in [-0.25, -0.2) is 0 Å². The molecule has 2 aliphatic rings. The van der Waals surface area contributed by atoms with Gasteiger partial charge in [-0.15, -0.1) is 11.3 Å². The zero-order valence-corrected chi connectivity index (χ0v) is 16.3. The van der Waals surface area contributed by atoms with Crippen molar-refractivity contribution in [3.63, 3.8) is 0 Å². The lowest BCUT2D eigenvalue weighted by Crippen LogP contribution is -2.46. The normalized spacial score (nSPS) is 21.5. The number of aryl methyl sites for hydroxylation is 1. The Bertz CT molecular complexity index is 798. The Morgan fingerprint density at radius 3 is 2.88 bits per heavy atom. The number of nitrogens with zero attached hydrogens (tertiary/aromatic N) is 2. The first kappa shape index (κ1) is 17.8. The van der Waals surface area contributed by atoms with Gasteiger partial charge in [-0.2, -0.15) is 0 Å². The highest BCUT2D eigenvalue weighted by Gasteiger charge is 2.32. The molecule has 4 rings (SSSR count). The SMILES string of the molecule is COc1ccc2sc(C(=O)N3CCCC3CN3CCOCC3)c(C)c2c1. The van der Waals surface area contributed by atoms with Crippen molar-refractivity contribution in [2.45, 2.75) is 25.8 Å². The number of thiophene rings is 1. The summed E-state index contributed by atoms with van der Waals surface area (Å²) in [5.41, 5.74) is 1.07. The minimum atomic E-state index is 0.193. The number of morpholine rings is 1. The molecule has 140 valence electrons. The molecule has 0 bridgehead atoms. The summed E-state index contributed by atoms with van der Waals surface area (Å²) >= 11 is 1.61. The van der Waals surface area contributed by atoms with E-state index in [1.165, 1.54) is 0 Å². The van der Waals surface area contributed by atoms with Crippen molar-refractivity contribution >= 4 is 27.3 Å². The lowest BCUT2D eigenvalue weighted by atomic mass is 10.1. The number of likely N-dealkylation sites (tertiary alicyclic amines) is 1. The third-order valence-corrected chi connectivity index (χ3v) is 6.81. The van der Waals surface area contributed by atoms with E-state index in [0.29, 0.717) is 6.04 Å². The maximum Gasteiger partial charge on any atom is 0.264 e. The van der Waals surface area contributed by atoms with E-state index in [9.17, 15) is 4.79 Å². The Balaban J connectivity index is 1.56. The summed E-state index contributed by atoms with van der Waals surface area (Å²) in [6, 6.07) is 6.37. The minimum absolute atomic E-state index is 0.193. The van der Waals surface area contributed by atoms with Gasteiger partial charge >= 0.3 is 0 Å². The van der Waals surface area contributed by atoms with E-state index in [-0.39, 0.29) is 5.91 Å². The fourth-order valence-electron chi connectivity index (χ4n) is 4.04. The molecule has 5 nitrogen and oxygen atoms in total. The molecule has 0 aliphatic carbocycles. The van der Waals surface area contributed by atoms with Crippen LogP contribution in [0.15, 0.2) is 18.2 Å². The van der Waals surface area contributed by atoms with E-state index in [1.807, 2.05) is 12.1 Å². The van der Waals surface area contributed by atoms with E-state index >= 15 is 0 Å². The van der Waals surface area contributed by atoms with Gasteiger partial charge in [0.25, 0.3) is 5.91 Å². The fraction of sp³-hybridized carbons (Fsp3) is 0.550. The highest BCUT2D eigenvalue weighted by molar-refractivity contribution is 7.21. The van der Waals surface area contributed by atoms with E-state index in [4.69, 9.17) is 9.47 Å². The van der Waals surface area contributed by atoms with Gasteiger partial charge in [0, 0.05) is 36.9 Å². The standard InChI is InChI=1S/C20H26N2O3S/c1-14-17-12-16(24-2)5-6-18(17)26-19(14)20(23)22-7-3-4-15(22)13-21-8-10-25-11-9-21/h5-6,12,15H,3-4,7-11,13H2,1-2H3. The monoisotopic (exact) mass is 374 g/mol. The van der Waals surface area contributed by atoms with Crippen molar-refractivity contribution in [3.8, 4) is 5.75 Å². The number of hydrogen-bond acceptors (Lipinski definition) is 5. The second kappa shape index (κ2) is 7.55. The Hall–Kier alpha value is -1.63. The van der Waals surface area contributed by atoms with Gasteiger partial charge < -0.3 is 14.4 Å². The summed E-state index contributed by atoms with van der Waals surface area (Å²) in [5, 5.41) is 1.13. The molecule has 6 heteroatoms. The third-order valence-electron chi connectivity index (χ3n) is 5.55. The molecule has 26 heavy (non-hydrogen) atoms. The first-order valence-electron chi connectivity index (χ1n) is 9.35. The molecule has 0 N–H and O–H groups in total. The van der Waals surface area contributed by atoms with Crippen LogP contribution in [0.4, 0.5) is 0 Å². The lowest BCUT2D eigenvalue weighted by Gasteiger charge is -2.32. The number of carbonyl (C=O) groups is 1. The van der Waals surface area contributed by atoms with Crippen LogP contribution in [0.1, 0.15) is 28.1 Å². The van der Waals surface area contributed by atoms with E-state index in [1.54, 1.807) is 18.4 Å². The zero-order valence-electron chi connectivity index (χ0n) is 15.5. The Kier molecular flexibility index (Phi) is 5.16. The van der Waals surface area contributed by atoms with Crippen LogP contribution in [-0.4, -0.2) is 68.3 Å². The van der Waals surface area contributed by atoms with Gasteiger partial charge in [-0.3, -0.25) is 9.69 Å². The van der Waals surface area contributed by atoms with Crippen LogP contribution < -0.4 is 4.74 Å². The van der Waals surface area contributed by atoms with Gasteiger partial charge in [0.1, 0.15) is 5.75 Å². The van der Waals surface area contributed by atoms with Crippen molar-refractivity contribution in [1.82, 2.24) is 9.80 Å². The maximum atomic E-state index is 13.3. The second-order valence-corrected chi connectivity index (χ2v) is 8.18. The zero-order chi connectivity index (χ0) is 18.1. The fourth-order valence-corrected chi connectivity index (χ4v) is 5.18. The number of fused-ring (bicyclic) bond motifs is 1. The molecule has 1 amide bonds. The molecule has 2 fully saturated rings. The molecule has 2 saturated heterocycles. The summed E-state index contributed by atoms with van der Waals surface area (Å²) < 4.78 is 11.9. The van der Waals surface area contributed by atoms with E-state index < -0.39 is 0 Å². The minimum Gasteiger partial charge on any atom is -0.497 e. The summed E-state index contributed by atoms with van der Waals surface area (Å²) in [7, 11) is 1.68. The van der Waals surface area contributed by atoms with E-state index in [0.717, 1.165) is 78.5 Å². The molecule has 3 heterocycles. The molecule has 0 radical (unpaired) electrons. The van der Waals surface area contributed by atoms with Crippen LogP contribution in [0.3, 0.4) is 0 Å². The van der Waals surface area contributed by atoms with Gasteiger partial charge in [0.05, 0.1) is 25.2 Å². The molecule has 2 aromatic rings. The molecule has 0 saturated carbocycles. The molecule has 1 atom stereocenters. The smallest absolute Gasteiger partial charge is 0.264 e. The Morgan fingerprint density at radius 1 is 1.31 bits per heavy atom. The van der Waals surface area contributed by atoms with Crippen molar-refractivity contribution in [2.24, 2.45) is 0 Å². The van der Waals surface area contributed by atoms with Gasteiger partial charge in [-0.05, 0) is 48.9 Å². The first-order chi connectivity index (χ1) is 12.7. The Labute approximate surface area is 158 Å². The lowest BCUT2D eigenvalue weighted by molar-refractivity contribution is 0.0262. The van der Waals surface area contributed by atoms with Crippen LogP contribution >= 0.6 is 11.3 Å². The van der Waals surface area contributed by atoms with Crippen molar-refractivity contribution in [2.75, 3.05) is 46.5 Å². The number of ether oxygens (including phenoxy) is 2. The van der Waals surface area contributed by atoms with E-state index in [2.05, 4.69) is 22.8 Å². The molecular weight excluding hydrogens is 348 g/mol. The van der Waals surface area contributed by atoms with Gasteiger partial charge in [-0.1, -0.05) is 0 Å². The van der Waals surface area contributed by atoms with Crippen molar-refractivity contribution in [1.29, 1.82) is 0 Å². The van der Waals surface area contributed by atoms with Crippen LogP contribution in [-0.2, 0) is 4.74 Å². The highest BCUT2D eigenvalue weighted by atomic mass is 32.1. The number of hydrogen-bond donors (Lipinski definition) is 0.